The molecule has 0 spiro atoms. The van der Waals surface area contributed by atoms with E-state index in [0.717, 1.165) is 31.9 Å². The first-order valence-electron chi connectivity index (χ1n) is 7.03. The second-order valence-electron chi connectivity index (χ2n) is 4.85. The van der Waals surface area contributed by atoms with E-state index in [9.17, 15) is 0 Å². The lowest BCUT2D eigenvalue weighted by Crippen LogP contribution is -2.18. The van der Waals surface area contributed by atoms with Gasteiger partial charge in [0.1, 0.15) is 0 Å². The Morgan fingerprint density at radius 3 is 2.41 bits per heavy atom. The topological polar surface area (TPSA) is 44.5 Å². The molecule has 0 saturated carbocycles. The molecule has 2 atom stereocenters. The third-order valence-electron chi connectivity index (χ3n) is 3.42. The van der Waals surface area contributed by atoms with E-state index in [0.29, 0.717) is 19.1 Å². The summed E-state index contributed by atoms with van der Waals surface area (Å²) in [5, 5.41) is 0. The molecule has 0 aliphatic rings. The molecule has 0 fully saturated rings. The monoisotopic (exact) mass is 245 g/mol. The van der Waals surface area contributed by atoms with Gasteiger partial charge in [-0.15, -0.1) is 0 Å². The Balaban J connectivity index is 3.68. The molecule has 0 aliphatic carbocycles. The predicted octanol–water partition coefficient (Wildman–Crippen LogP) is 2.83. The largest absolute Gasteiger partial charge is 0.382 e. The third-order valence-corrected chi connectivity index (χ3v) is 3.42. The number of ether oxygens (including phenoxy) is 2. The highest BCUT2D eigenvalue weighted by Gasteiger charge is 2.15. The fourth-order valence-corrected chi connectivity index (χ4v) is 2.14. The van der Waals surface area contributed by atoms with Crippen molar-refractivity contribution >= 4 is 0 Å². The molecule has 3 heteroatoms. The van der Waals surface area contributed by atoms with Crippen LogP contribution in [0, 0.1) is 11.8 Å². The first kappa shape index (κ1) is 16.9. The van der Waals surface area contributed by atoms with Gasteiger partial charge in [0.05, 0.1) is 13.2 Å². The van der Waals surface area contributed by atoms with E-state index in [1.165, 1.54) is 19.3 Å². The summed E-state index contributed by atoms with van der Waals surface area (Å²) in [7, 11) is 1.70. The lowest BCUT2D eigenvalue weighted by Gasteiger charge is -2.23. The molecule has 0 heterocycles. The Hall–Kier alpha value is -0.120. The molecule has 0 rings (SSSR count). The van der Waals surface area contributed by atoms with Crippen molar-refractivity contribution in [1.29, 1.82) is 0 Å². The molecule has 0 aromatic carbocycles. The summed E-state index contributed by atoms with van der Waals surface area (Å²) in [6.45, 7) is 7.63. The first-order valence-corrected chi connectivity index (χ1v) is 7.03. The smallest absolute Gasteiger partial charge is 0.0700 e. The van der Waals surface area contributed by atoms with Gasteiger partial charge in [-0.2, -0.15) is 0 Å². The van der Waals surface area contributed by atoms with Gasteiger partial charge < -0.3 is 15.2 Å². The van der Waals surface area contributed by atoms with Crippen LogP contribution in [0.2, 0.25) is 0 Å². The van der Waals surface area contributed by atoms with E-state index in [2.05, 4.69) is 13.8 Å². The molecule has 0 radical (unpaired) electrons. The molecule has 0 saturated heterocycles. The average molecular weight is 245 g/mol. The van der Waals surface area contributed by atoms with Crippen molar-refractivity contribution in [3.05, 3.63) is 0 Å². The maximum atomic E-state index is 5.69. The van der Waals surface area contributed by atoms with Crippen molar-refractivity contribution in [3.8, 4) is 0 Å². The molecule has 104 valence electrons. The third kappa shape index (κ3) is 9.57. The van der Waals surface area contributed by atoms with E-state index < -0.39 is 0 Å². The van der Waals surface area contributed by atoms with Gasteiger partial charge >= 0.3 is 0 Å². The van der Waals surface area contributed by atoms with Gasteiger partial charge in [0.2, 0.25) is 0 Å². The molecule has 0 bridgehead atoms. The highest BCUT2D eigenvalue weighted by atomic mass is 16.5. The highest BCUT2D eigenvalue weighted by molar-refractivity contribution is 4.67. The molecule has 0 aliphatic heterocycles. The van der Waals surface area contributed by atoms with Crippen LogP contribution < -0.4 is 5.73 Å². The van der Waals surface area contributed by atoms with Crippen molar-refractivity contribution in [2.24, 2.45) is 17.6 Å². The zero-order valence-corrected chi connectivity index (χ0v) is 11.9. The van der Waals surface area contributed by atoms with Gasteiger partial charge in [-0.25, -0.2) is 0 Å². The van der Waals surface area contributed by atoms with Gasteiger partial charge in [0.25, 0.3) is 0 Å². The van der Waals surface area contributed by atoms with Gasteiger partial charge in [0, 0.05) is 13.7 Å². The van der Waals surface area contributed by atoms with Crippen LogP contribution in [-0.4, -0.2) is 33.5 Å². The minimum absolute atomic E-state index is 0.691. The molecule has 0 aromatic heterocycles. The summed E-state index contributed by atoms with van der Waals surface area (Å²) in [6, 6.07) is 0. The molecular formula is C14H31NO2. The van der Waals surface area contributed by atoms with Crippen LogP contribution >= 0.6 is 0 Å². The van der Waals surface area contributed by atoms with E-state index in [1.807, 2.05) is 0 Å². The number of rotatable bonds is 12. The summed E-state index contributed by atoms with van der Waals surface area (Å²) < 4.78 is 10.5. The average Bonchev–Trinajstić information content (AvgIpc) is 2.34. The van der Waals surface area contributed by atoms with E-state index >= 15 is 0 Å². The number of methoxy groups -OCH3 is 1. The van der Waals surface area contributed by atoms with Crippen molar-refractivity contribution < 1.29 is 9.47 Å². The number of hydrogen-bond acceptors (Lipinski definition) is 3. The Morgan fingerprint density at radius 2 is 1.82 bits per heavy atom. The minimum atomic E-state index is 0.691. The zero-order chi connectivity index (χ0) is 12.9. The quantitative estimate of drug-likeness (QED) is 0.538. The fraction of sp³-hybridized carbons (Fsp3) is 1.00. The van der Waals surface area contributed by atoms with Gasteiger partial charge in [-0.1, -0.05) is 33.1 Å². The van der Waals surface area contributed by atoms with Crippen LogP contribution in [0.15, 0.2) is 0 Å². The SMILES string of the molecule is CCCCC(CCN)C(C)CCOCCOC. The predicted molar refractivity (Wildman–Crippen MR) is 73.2 cm³/mol. The molecule has 0 aromatic rings. The maximum absolute atomic E-state index is 5.69. The van der Waals surface area contributed by atoms with Crippen molar-refractivity contribution in [2.75, 3.05) is 33.5 Å². The minimum Gasteiger partial charge on any atom is -0.382 e. The van der Waals surface area contributed by atoms with Crippen molar-refractivity contribution in [1.82, 2.24) is 0 Å². The molecule has 0 amide bonds. The number of nitrogens with two attached hydrogens (primary N) is 1. The molecule has 2 N–H and O–H groups in total. The fourth-order valence-electron chi connectivity index (χ4n) is 2.14. The van der Waals surface area contributed by atoms with Gasteiger partial charge in [-0.3, -0.25) is 0 Å². The second-order valence-corrected chi connectivity index (χ2v) is 4.85. The normalized spacial score (nSPS) is 14.8. The van der Waals surface area contributed by atoms with Crippen LogP contribution in [0.25, 0.3) is 0 Å². The summed E-state index contributed by atoms with van der Waals surface area (Å²) >= 11 is 0. The van der Waals surface area contributed by atoms with Crippen LogP contribution in [0.5, 0.6) is 0 Å². The Bertz CT molecular complexity index is 153. The Labute approximate surface area is 107 Å². The van der Waals surface area contributed by atoms with E-state index in [1.54, 1.807) is 7.11 Å². The molecule has 2 unspecified atom stereocenters. The number of unbranched alkanes of at least 4 members (excludes halogenated alkanes) is 1. The lowest BCUT2D eigenvalue weighted by atomic mass is 9.85. The first-order chi connectivity index (χ1) is 8.26. The number of hydrogen-bond donors (Lipinski definition) is 1. The van der Waals surface area contributed by atoms with E-state index in [-0.39, 0.29) is 0 Å². The Morgan fingerprint density at radius 1 is 1.06 bits per heavy atom. The second kappa shape index (κ2) is 12.3. The Kier molecular flexibility index (Phi) is 12.3. The van der Waals surface area contributed by atoms with Crippen LogP contribution in [-0.2, 0) is 9.47 Å². The van der Waals surface area contributed by atoms with Crippen molar-refractivity contribution in [2.45, 2.75) is 46.0 Å². The summed E-state index contributed by atoms with van der Waals surface area (Å²) in [4.78, 5) is 0. The summed E-state index contributed by atoms with van der Waals surface area (Å²) in [5.41, 5.74) is 5.69. The standard InChI is InChI=1S/C14H31NO2/c1-4-5-6-14(7-9-15)13(2)8-10-17-12-11-16-3/h13-14H,4-12,15H2,1-3H3. The van der Waals surface area contributed by atoms with E-state index in [4.69, 9.17) is 15.2 Å². The molecule has 17 heavy (non-hydrogen) atoms. The summed E-state index contributed by atoms with van der Waals surface area (Å²) in [5.74, 6) is 1.48. The van der Waals surface area contributed by atoms with Gasteiger partial charge in [-0.05, 0) is 31.2 Å². The molecular weight excluding hydrogens is 214 g/mol. The summed E-state index contributed by atoms with van der Waals surface area (Å²) in [6.07, 6.45) is 6.20. The highest BCUT2D eigenvalue weighted by Crippen LogP contribution is 2.24. The van der Waals surface area contributed by atoms with Crippen molar-refractivity contribution in [3.63, 3.8) is 0 Å². The lowest BCUT2D eigenvalue weighted by molar-refractivity contribution is 0.0600. The maximum Gasteiger partial charge on any atom is 0.0700 e. The molecule has 3 nitrogen and oxygen atoms in total. The van der Waals surface area contributed by atoms with Crippen LogP contribution in [0.3, 0.4) is 0 Å². The zero-order valence-electron chi connectivity index (χ0n) is 11.9. The van der Waals surface area contributed by atoms with Gasteiger partial charge in [0.15, 0.2) is 0 Å². The van der Waals surface area contributed by atoms with Crippen LogP contribution in [0.1, 0.15) is 46.0 Å². The van der Waals surface area contributed by atoms with Crippen LogP contribution in [0.4, 0.5) is 0 Å².